The largest absolute Gasteiger partial charge is 0.356 e. The number of amides is 2. The first-order valence-electron chi connectivity index (χ1n) is 6.69. The van der Waals surface area contributed by atoms with Gasteiger partial charge in [0, 0.05) is 25.6 Å². The van der Waals surface area contributed by atoms with Gasteiger partial charge in [0.05, 0.1) is 0 Å². The van der Waals surface area contributed by atoms with Crippen molar-refractivity contribution in [2.45, 2.75) is 33.6 Å². The molecule has 2 N–H and O–H groups in total. The fourth-order valence-corrected chi connectivity index (χ4v) is 1.23. The van der Waals surface area contributed by atoms with Crippen LogP contribution in [0, 0.1) is 0 Å². The second-order valence-corrected chi connectivity index (χ2v) is 4.10. The van der Waals surface area contributed by atoms with Gasteiger partial charge < -0.3 is 10.6 Å². The third kappa shape index (κ3) is 9.83. The van der Waals surface area contributed by atoms with Crippen LogP contribution in [-0.2, 0) is 4.79 Å². The highest BCUT2D eigenvalue weighted by molar-refractivity contribution is 5.94. The molecule has 1 rings (SSSR count). The number of benzene rings is 1. The van der Waals surface area contributed by atoms with Gasteiger partial charge in [0.25, 0.3) is 5.91 Å². The van der Waals surface area contributed by atoms with Crippen LogP contribution in [0.1, 0.15) is 44.0 Å². The Hall–Kier alpha value is -1.84. The van der Waals surface area contributed by atoms with Gasteiger partial charge in [-0.3, -0.25) is 9.59 Å². The molecular formula is C15H24N2O2. The molecule has 0 fully saturated rings. The summed E-state index contributed by atoms with van der Waals surface area (Å²) in [6.07, 6.45) is 1.98. The van der Waals surface area contributed by atoms with Crippen molar-refractivity contribution >= 4 is 11.8 Å². The van der Waals surface area contributed by atoms with Crippen LogP contribution in [0.25, 0.3) is 0 Å². The Morgan fingerprint density at radius 1 is 0.947 bits per heavy atom. The van der Waals surface area contributed by atoms with Crippen LogP contribution in [-0.4, -0.2) is 24.9 Å². The zero-order valence-corrected chi connectivity index (χ0v) is 12.0. The van der Waals surface area contributed by atoms with E-state index in [1.807, 2.05) is 44.2 Å². The number of carbonyl (C=O) groups excluding carboxylic acids is 2. The molecule has 0 aromatic heterocycles. The van der Waals surface area contributed by atoms with Gasteiger partial charge >= 0.3 is 0 Å². The lowest BCUT2D eigenvalue weighted by Gasteiger charge is -2.01. The van der Waals surface area contributed by atoms with Crippen LogP contribution >= 0.6 is 0 Å². The highest BCUT2D eigenvalue weighted by Gasteiger charge is 2.00. The third-order valence-electron chi connectivity index (χ3n) is 2.20. The summed E-state index contributed by atoms with van der Waals surface area (Å²) in [5.41, 5.74) is 0.728. The minimum atomic E-state index is 0.0115. The number of nitrogens with one attached hydrogen (secondary N) is 2. The van der Waals surface area contributed by atoms with E-state index in [0.29, 0.717) is 0 Å². The lowest BCUT2D eigenvalue weighted by atomic mass is 10.2. The summed E-state index contributed by atoms with van der Waals surface area (Å²) >= 11 is 0. The topological polar surface area (TPSA) is 58.2 Å². The minimum Gasteiger partial charge on any atom is -0.356 e. The molecule has 0 unspecified atom stereocenters. The molecule has 1 aromatic carbocycles. The Morgan fingerprint density at radius 3 is 1.89 bits per heavy atom. The Morgan fingerprint density at radius 2 is 1.47 bits per heavy atom. The van der Waals surface area contributed by atoms with E-state index in [2.05, 4.69) is 10.6 Å². The zero-order valence-electron chi connectivity index (χ0n) is 12.0. The Balaban J connectivity index is 0.000000399. The molecule has 106 valence electrons. The molecule has 0 saturated heterocycles. The number of carbonyl (C=O) groups is 2. The van der Waals surface area contributed by atoms with Crippen molar-refractivity contribution in [1.82, 2.24) is 10.6 Å². The maximum atomic E-state index is 11.3. The van der Waals surface area contributed by atoms with E-state index in [-0.39, 0.29) is 11.8 Å². The quantitative estimate of drug-likeness (QED) is 0.857. The Kier molecular flexibility index (Phi) is 10.2. The molecule has 0 atom stereocenters. The first-order valence-corrected chi connectivity index (χ1v) is 6.69. The van der Waals surface area contributed by atoms with E-state index in [1.165, 1.54) is 6.92 Å². The monoisotopic (exact) mass is 264 g/mol. The number of rotatable bonds is 5. The highest BCUT2D eigenvalue weighted by atomic mass is 16.2. The molecule has 0 aliphatic heterocycles. The van der Waals surface area contributed by atoms with Crippen LogP contribution in [0.4, 0.5) is 0 Å². The van der Waals surface area contributed by atoms with Gasteiger partial charge in [-0.05, 0) is 25.0 Å². The minimum absolute atomic E-state index is 0.0115. The Bertz CT molecular complexity index is 364. The first kappa shape index (κ1) is 17.2. The van der Waals surface area contributed by atoms with E-state index in [1.54, 1.807) is 0 Å². The van der Waals surface area contributed by atoms with Crippen molar-refractivity contribution in [3.8, 4) is 0 Å². The number of hydrogen-bond donors (Lipinski definition) is 2. The second kappa shape index (κ2) is 11.3. The van der Waals surface area contributed by atoms with Crippen LogP contribution in [0.2, 0.25) is 0 Å². The Labute approximate surface area is 115 Å². The molecule has 1 aromatic rings. The molecule has 0 aliphatic rings. The fraction of sp³-hybridized carbons (Fsp3) is 0.467. The molecule has 4 heteroatoms. The highest BCUT2D eigenvalue weighted by Crippen LogP contribution is 1.97. The van der Waals surface area contributed by atoms with Gasteiger partial charge in [-0.15, -0.1) is 0 Å². The average Bonchev–Trinajstić information content (AvgIpc) is 2.44. The summed E-state index contributed by atoms with van der Waals surface area (Å²) < 4.78 is 0. The summed E-state index contributed by atoms with van der Waals surface area (Å²) in [4.78, 5) is 21.4. The van der Waals surface area contributed by atoms with Crippen molar-refractivity contribution in [1.29, 1.82) is 0 Å². The van der Waals surface area contributed by atoms with Crippen molar-refractivity contribution in [2.24, 2.45) is 0 Å². The third-order valence-corrected chi connectivity index (χ3v) is 2.20. The molecule has 0 saturated carbocycles. The van der Waals surface area contributed by atoms with Crippen molar-refractivity contribution in [2.75, 3.05) is 13.1 Å². The van der Waals surface area contributed by atoms with Crippen molar-refractivity contribution in [3.05, 3.63) is 35.9 Å². The predicted molar refractivity (Wildman–Crippen MR) is 78.0 cm³/mol. The van der Waals surface area contributed by atoms with Crippen molar-refractivity contribution < 1.29 is 9.59 Å². The van der Waals surface area contributed by atoms with E-state index >= 15 is 0 Å². The zero-order chi connectivity index (χ0) is 14.5. The van der Waals surface area contributed by atoms with E-state index in [0.717, 1.165) is 31.5 Å². The molecule has 0 aliphatic carbocycles. The van der Waals surface area contributed by atoms with E-state index in [9.17, 15) is 9.59 Å². The van der Waals surface area contributed by atoms with Gasteiger partial charge in [-0.2, -0.15) is 0 Å². The molecule has 0 heterocycles. The van der Waals surface area contributed by atoms with E-state index < -0.39 is 0 Å². The van der Waals surface area contributed by atoms with Crippen LogP contribution in [0.3, 0.4) is 0 Å². The van der Waals surface area contributed by atoms with Gasteiger partial charge in [-0.25, -0.2) is 0 Å². The number of hydrogen-bond acceptors (Lipinski definition) is 2. The lowest BCUT2D eigenvalue weighted by molar-refractivity contribution is -0.118. The maximum absolute atomic E-state index is 11.3. The van der Waals surface area contributed by atoms with E-state index in [4.69, 9.17) is 0 Å². The predicted octanol–water partition coefficient (Wildman–Crippen LogP) is 2.36. The average molecular weight is 264 g/mol. The summed E-state index contributed by atoms with van der Waals surface area (Å²) in [5, 5.41) is 5.47. The SMILES string of the molecule is CCCNC(=O)c1ccccc1.CCCNC(C)=O. The molecule has 19 heavy (non-hydrogen) atoms. The lowest BCUT2D eigenvalue weighted by Crippen LogP contribution is -2.23. The maximum Gasteiger partial charge on any atom is 0.251 e. The first-order chi connectivity index (χ1) is 9.11. The fourth-order valence-electron chi connectivity index (χ4n) is 1.23. The summed E-state index contributed by atoms with van der Waals surface area (Å²) in [6, 6.07) is 9.24. The van der Waals surface area contributed by atoms with Gasteiger partial charge in [0.15, 0.2) is 0 Å². The van der Waals surface area contributed by atoms with Crippen LogP contribution < -0.4 is 10.6 Å². The van der Waals surface area contributed by atoms with Gasteiger partial charge in [0.1, 0.15) is 0 Å². The molecule has 2 amide bonds. The van der Waals surface area contributed by atoms with Crippen molar-refractivity contribution in [3.63, 3.8) is 0 Å². The molecule has 0 radical (unpaired) electrons. The second-order valence-electron chi connectivity index (χ2n) is 4.10. The normalized spacial score (nSPS) is 9.00. The molecule has 0 bridgehead atoms. The van der Waals surface area contributed by atoms with Crippen LogP contribution in [0.15, 0.2) is 30.3 Å². The molecular weight excluding hydrogens is 240 g/mol. The summed E-state index contributed by atoms with van der Waals surface area (Å²) in [7, 11) is 0. The van der Waals surface area contributed by atoms with Gasteiger partial charge in [0.2, 0.25) is 5.91 Å². The summed E-state index contributed by atoms with van der Waals surface area (Å²) in [6.45, 7) is 7.12. The summed E-state index contributed by atoms with van der Waals surface area (Å²) in [5.74, 6) is 0.0688. The molecule has 4 nitrogen and oxygen atoms in total. The van der Waals surface area contributed by atoms with Crippen LogP contribution in [0.5, 0.6) is 0 Å². The van der Waals surface area contributed by atoms with Gasteiger partial charge in [-0.1, -0.05) is 32.0 Å². The standard InChI is InChI=1S/C10H13NO.C5H11NO/c1-2-8-11-10(12)9-6-4-3-5-7-9;1-3-4-6-5(2)7/h3-7H,2,8H2,1H3,(H,11,12);3-4H2,1-2H3,(H,6,7). The molecule has 0 spiro atoms. The smallest absolute Gasteiger partial charge is 0.251 e.